The Hall–Kier alpha value is -2.73. The molecule has 0 unspecified atom stereocenters. The topological polar surface area (TPSA) is 68.0 Å². The van der Waals surface area contributed by atoms with E-state index in [-0.39, 0.29) is 12.5 Å². The minimum Gasteiger partial charge on any atom is -0.343 e. The van der Waals surface area contributed by atoms with Crippen molar-refractivity contribution in [1.29, 1.82) is 0 Å². The second kappa shape index (κ2) is 6.82. The molecule has 0 fully saturated rings. The van der Waals surface area contributed by atoms with E-state index in [1.807, 2.05) is 47.8 Å². The van der Waals surface area contributed by atoms with Gasteiger partial charge in [-0.1, -0.05) is 41.6 Å². The molecule has 6 heteroatoms. The summed E-state index contributed by atoms with van der Waals surface area (Å²) in [6.07, 6.45) is 3.25. The van der Waals surface area contributed by atoms with Gasteiger partial charge in [-0.15, -0.1) is 11.3 Å². The van der Waals surface area contributed by atoms with E-state index in [9.17, 15) is 4.79 Å². The van der Waals surface area contributed by atoms with Crippen molar-refractivity contribution in [3.63, 3.8) is 0 Å². The lowest BCUT2D eigenvalue weighted by atomic mass is 10.2. The normalized spacial score (nSPS) is 10.9. The van der Waals surface area contributed by atoms with Crippen molar-refractivity contribution in [2.24, 2.45) is 0 Å². The average Bonchev–Trinajstić information content (AvgIpc) is 3.23. The van der Waals surface area contributed by atoms with Gasteiger partial charge < -0.3 is 9.84 Å². The highest BCUT2D eigenvalue weighted by Crippen LogP contribution is 2.14. The smallest absolute Gasteiger partial charge is 0.246 e. The van der Waals surface area contributed by atoms with Crippen LogP contribution in [0.5, 0.6) is 0 Å². The molecule has 3 aromatic rings. The molecule has 0 spiro atoms. The third kappa shape index (κ3) is 3.67. The van der Waals surface area contributed by atoms with Gasteiger partial charge in [-0.25, -0.2) is 0 Å². The Labute approximate surface area is 131 Å². The lowest BCUT2D eigenvalue weighted by Crippen LogP contribution is -2.20. The quantitative estimate of drug-likeness (QED) is 0.735. The SMILES string of the molecule is O=C(/C=C/c1cccs1)NCc1nc(-c2ccccc2)no1. The number of amides is 1. The summed E-state index contributed by atoms with van der Waals surface area (Å²) in [5.41, 5.74) is 0.876. The lowest BCUT2D eigenvalue weighted by Gasteiger charge is -1.96. The maximum Gasteiger partial charge on any atom is 0.246 e. The molecule has 0 atom stereocenters. The summed E-state index contributed by atoms with van der Waals surface area (Å²) < 4.78 is 5.12. The van der Waals surface area contributed by atoms with Crippen LogP contribution in [0, 0.1) is 0 Å². The predicted molar refractivity (Wildman–Crippen MR) is 84.9 cm³/mol. The zero-order valence-corrected chi connectivity index (χ0v) is 12.4. The molecule has 0 saturated carbocycles. The van der Waals surface area contributed by atoms with E-state index in [0.29, 0.717) is 11.7 Å². The van der Waals surface area contributed by atoms with E-state index in [4.69, 9.17) is 4.52 Å². The summed E-state index contributed by atoms with van der Waals surface area (Å²) in [4.78, 5) is 17.0. The average molecular weight is 311 g/mol. The van der Waals surface area contributed by atoms with Crippen LogP contribution in [0.1, 0.15) is 10.8 Å². The molecule has 5 nitrogen and oxygen atoms in total. The second-order valence-electron chi connectivity index (χ2n) is 4.44. The van der Waals surface area contributed by atoms with Gasteiger partial charge in [0.15, 0.2) is 0 Å². The van der Waals surface area contributed by atoms with Crippen molar-refractivity contribution in [2.45, 2.75) is 6.54 Å². The van der Waals surface area contributed by atoms with Crippen molar-refractivity contribution in [3.05, 3.63) is 64.7 Å². The van der Waals surface area contributed by atoms with Crippen LogP contribution in [0.25, 0.3) is 17.5 Å². The molecule has 2 aromatic heterocycles. The van der Waals surface area contributed by atoms with Gasteiger partial charge in [0.05, 0.1) is 6.54 Å². The molecule has 0 bridgehead atoms. The largest absolute Gasteiger partial charge is 0.343 e. The first-order valence-electron chi connectivity index (χ1n) is 6.69. The molecule has 0 saturated heterocycles. The van der Waals surface area contributed by atoms with Crippen LogP contribution in [-0.4, -0.2) is 16.0 Å². The number of carbonyl (C=O) groups is 1. The van der Waals surface area contributed by atoms with Gasteiger partial charge in [-0.3, -0.25) is 4.79 Å². The van der Waals surface area contributed by atoms with Crippen molar-refractivity contribution < 1.29 is 9.32 Å². The van der Waals surface area contributed by atoms with Crippen LogP contribution in [0.3, 0.4) is 0 Å². The van der Waals surface area contributed by atoms with E-state index >= 15 is 0 Å². The third-order valence-electron chi connectivity index (χ3n) is 2.86. The number of carbonyl (C=O) groups excluding carboxylic acids is 1. The van der Waals surface area contributed by atoms with Gasteiger partial charge in [0.2, 0.25) is 17.6 Å². The summed E-state index contributed by atoms with van der Waals surface area (Å²) in [6.45, 7) is 0.202. The number of nitrogens with one attached hydrogen (secondary N) is 1. The number of rotatable bonds is 5. The van der Waals surface area contributed by atoms with Crippen molar-refractivity contribution >= 4 is 23.3 Å². The molecule has 1 aromatic carbocycles. The van der Waals surface area contributed by atoms with Gasteiger partial charge in [0, 0.05) is 16.5 Å². The van der Waals surface area contributed by atoms with Gasteiger partial charge in [0.1, 0.15) is 0 Å². The molecule has 1 N–H and O–H groups in total. The van der Waals surface area contributed by atoms with Crippen LogP contribution in [0.2, 0.25) is 0 Å². The van der Waals surface area contributed by atoms with Crippen molar-refractivity contribution in [2.75, 3.05) is 0 Å². The Bertz CT molecular complexity index is 764. The summed E-state index contributed by atoms with van der Waals surface area (Å²) in [5.74, 6) is 0.684. The molecule has 2 heterocycles. The molecule has 0 radical (unpaired) electrons. The summed E-state index contributed by atoms with van der Waals surface area (Å²) in [5, 5.41) is 8.57. The highest BCUT2D eigenvalue weighted by atomic mass is 32.1. The van der Waals surface area contributed by atoms with Crippen molar-refractivity contribution in [3.8, 4) is 11.4 Å². The standard InChI is InChI=1S/C16H13N3O2S/c20-14(9-8-13-7-4-10-22-13)17-11-15-18-16(19-21-15)12-5-2-1-3-6-12/h1-10H,11H2,(H,17,20)/b9-8+. The van der Waals surface area contributed by atoms with E-state index in [2.05, 4.69) is 15.5 Å². The fourth-order valence-electron chi connectivity index (χ4n) is 1.80. The zero-order chi connectivity index (χ0) is 15.2. The highest BCUT2D eigenvalue weighted by molar-refractivity contribution is 7.10. The van der Waals surface area contributed by atoms with Gasteiger partial charge >= 0.3 is 0 Å². The van der Waals surface area contributed by atoms with Crippen LogP contribution < -0.4 is 5.32 Å². The molecular weight excluding hydrogens is 298 g/mol. The first-order valence-corrected chi connectivity index (χ1v) is 7.56. The Morgan fingerprint density at radius 3 is 2.86 bits per heavy atom. The van der Waals surface area contributed by atoms with Gasteiger partial charge in [-0.05, 0) is 17.5 Å². The van der Waals surface area contributed by atoms with Gasteiger partial charge in [0.25, 0.3) is 0 Å². The molecule has 0 aliphatic heterocycles. The second-order valence-corrected chi connectivity index (χ2v) is 5.42. The summed E-state index contributed by atoms with van der Waals surface area (Å²) >= 11 is 1.57. The number of hydrogen-bond donors (Lipinski definition) is 1. The number of nitrogens with zero attached hydrogens (tertiary/aromatic N) is 2. The summed E-state index contributed by atoms with van der Waals surface area (Å²) in [7, 11) is 0. The van der Waals surface area contributed by atoms with E-state index in [1.165, 1.54) is 6.08 Å². The number of hydrogen-bond acceptors (Lipinski definition) is 5. The molecule has 3 rings (SSSR count). The fraction of sp³-hybridized carbons (Fsp3) is 0.0625. The third-order valence-corrected chi connectivity index (χ3v) is 3.69. The first kappa shape index (κ1) is 14.2. The number of benzene rings is 1. The molecular formula is C16H13N3O2S. The maximum atomic E-state index is 11.7. The lowest BCUT2D eigenvalue weighted by molar-refractivity contribution is -0.116. The Balaban J connectivity index is 1.56. The van der Waals surface area contributed by atoms with Crippen LogP contribution >= 0.6 is 11.3 Å². The van der Waals surface area contributed by atoms with Crippen LogP contribution in [0.15, 0.2) is 58.4 Å². The minimum atomic E-state index is -0.201. The Morgan fingerprint density at radius 1 is 1.23 bits per heavy atom. The number of aromatic nitrogens is 2. The van der Waals surface area contributed by atoms with E-state index in [0.717, 1.165) is 10.4 Å². The molecule has 1 amide bonds. The summed E-state index contributed by atoms with van der Waals surface area (Å²) in [6, 6.07) is 13.4. The van der Waals surface area contributed by atoms with Crippen LogP contribution in [-0.2, 0) is 11.3 Å². The number of thiophene rings is 1. The van der Waals surface area contributed by atoms with Crippen LogP contribution in [0.4, 0.5) is 0 Å². The fourth-order valence-corrected chi connectivity index (χ4v) is 2.41. The highest BCUT2D eigenvalue weighted by Gasteiger charge is 2.08. The van der Waals surface area contributed by atoms with E-state index in [1.54, 1.807) is 17.4 Å². The van der Waals surface area contributed by atoms with Crippen molar-refractivity contribution in [1.82, 2.24) is 15.5 Å². The molecule has 0 aliphatic rings. The first-order chi connectivity index (χ1) is 10.8. The van der Waals surface area contributed by atoms with E-state index < -0.39 is 0 Å². The molecule has 110 valence electrons. The predicted octanol–water partition coefficient (Wildman–Crippen LogP) is 3.13. The zero-order valence-electron chi connectivity index (χ0n) is 11.6. The Kier molecular flexibility index (Phi) is 4.41. The maximum absolute atomic E-state index is 11.7. The Morgan fingerprint density at radius 2 is 2.09 bits per heavy atom. The van der Waals surface area contributed by atoms with Gasteiger partial charge in [-0.2, -0.15) is 4.98 Å². The molecule has 0 aliphatic carbocycles. The monoisotopic (exact) mass is 311 g/mol. The molecule has 22 heavy (non-hydrogen) atoms. The minimum absolute atomic E-state index is 0.201.